The van der Waals surface area contributed by atoms with Crippen molar-refractivity contribution < 1.29 is 38.0 Å². The van der Waals surface area contributed by atoms with Crippen LogP contribution in [0.1, 0.15) is 39.5 Å². The summed E-state index contributed by atoms with van der Waals surface area (Å²) in [5, 5.41) is 0. The number of para-hydroxylation sites is 1. The first kappa shape index (κ1) is 30.3. The van der Waals surface area contributed by atoms with Crippen molar-refractivity contribution in [3.63, 3.8) is 0 Å². The third kappa shape index (κ3) is 17.7. The molecule has 0 fully saturated rings. The second-order valence-corrected chi connectivity index (χ2v) is 7.64. The van der Waals surface area contributed by atoms with Gasteiger partial charge in [-0.05, 0) is 25.0 Å². The highest BCUT2D eigenvalue weighted by Crippen LogP contribution is 2.14. The van der Waals surface area contributed by atoms with Crippen LogP contribution in [-0.4, -0.2) is 85.3 Å². The lowest BCUT2D eigenvalue weighted by atomic mass is 10.00. The van der Waals surface area contributed by atoms with Gasteiger partial charge in [0.15, 0.2) is 0 Å². The smallest absolute Gasteiger partial charge is 0.308 e. The van der Waals surface area contributed by atoms with E-state index in [1.165, 1.54) is 0 Å². The fourth-order valence-electron chi connectivity index (χ4n) is 2.98. The van der Waals surface area contributed by atoms with Crippen LogP contribution in [0.5, 0.6) is 5.75 Å². The summed E-state index contributed by atoms with van der Waals surface area (Å²) in [5.74, 6) is 0.738. The molecule has 8 nitrogen and oxygen atoms in total. The predicted molar refractivity (Wildman–Crippen MR) is 130 cm³/mol. The van der Waals surface area contributed by atoms with Gasteiger partial charge in [0.05, 0.1) is 72.0 Å². The van der Waals surface area contributed by atoms with Crippen LogP contribution in [0, 0.1) is 5.92 Å². The van der Waals surface area contributed by atoms with Gasteiger partial charge in [-0.3, -0.25) is 4.79 Å². The van der Waals surface area contributed by atoms with Crippen LogP contribution in [0.25, 0.3) is 0 Å². The first-order chi connectivity index (χ1) is 16.8. The molecule has 1 atom stereocenters. The number of benzene rings is 1. The molecule has 0 spiro atoms. The van der Waals surface area contributed by atoms with Gasteiger partial charge >= 0.3 is 5.97 Å². The van der Waals surface area contributed by atoms with E-state index in [-0.39, 0.29) is 18.5 Å². The summed E-state index contributed by atoms with van der Waals surface area (Å²) in [6, 6.07) is 9.66. The van der Waals surface area contributed by atoms with Gasteiger partial charge in [0, 0.05) is 0 Å². The zero-order valence-electron chi connectivity index (χ0n) is 21.0. The second kappa shape index (κ2) is 23.1. The summed E-state index contributed by atoms with van der Waals surface area (Å²) in [6.07, 6.45) is 3.86. The fraction of sp³-hybridized carbons (Fsp3) is 0.731. The maximum absolute atomic E-state index is 12.0. The molecule has 1 rings (SSSR count). The number of ether oxygens (including phenoxy) is 7. The fourth-order valence-corrected chi connectivity index (χ4v) is 2.98. The Hall–Kier alpha value is -1.71. The Labute approximate surface area is 205 Å². The Balaban J connectivity index is 1.74. The van der Waals surface area contributed by atoms with Gasteiger partial charge < -0.3 is 33.2 Å². The highest BCUT2D eigenvalue weighted by Gasteiger charge is 2.16. The molecule has 1 unspecified atom stereocenters. The van der Waals surface area contributed by atoms with Crippen LogP contribution in [0.3, 0.4) is 0 Å². The number of hydrogen-bond acceptors (Lipinski definition) is 8. The third-order valence-electron chi connectivity index (χ3n) is 4.93. The van der Waals surface area contributed by atoms with Gasteiger partial charge in [0.1, 0.15) is 19.0 Å². The van der Waals surface area contributed by atoms with Crippen LogP contribution in [0.15, 0.2) is 30.3 Å². The summed E-state index contributed by atoms with van der Waals surface area (Å²) in [5.41, 5.74) is 0. The van der Waals surface area contributed by atoms with Gasteiger partial charge in [-0.2, -0.15) is 0 Å². The van der Waals surface area contributed by atoms with Crippen molar-refractivity contribution in [2.45, 2.75) is 39.5 Å². The van der Waals surface area contributed by atoms with Crippen molar-refractivity contribution in [1.29, 1.82) is 0 Å². The standard InChI is InChI=1S/C26H44O8/c1-3-5-9-24(4-2)26(27)34-23-21-32-19-17-30-15-13-28-12-14-29-16-18-31-20-22-33-25-10-7-6-8-11-25/h6-8,10-11,24H,3-5,9,12-23H2,1-2H3. The molecule has 196 valence electrons. The number of carbonyl (C=O) groups excluding carboxylic acids is 1. The van der Waals surface area contributed by atoms with E-state index in [0.29, 0.717) is 72.7 Å². The number of rotatable bonds is 24. The Morgan fingerprint density at radius 3 is 1.62 bits per heavy atom. The lowest BCUT2D eigenvalue weighted by Crippen LogP contribution is -2.20. The molecule has 0 saturated heterocycles. The van der Waals surface area contributed by atoms with Crippen LogP contribution >= 0.6 is 0 Å². The molecule has 8 heteroatoms. The van der Waals surface area contributed by atoms with Gasteiger partial charge in [-0.25, -0.2) is 0 Å². The normalized spacial score (nSPS) is 11.9. The minimum Gasteiger partial charge on any atom is -0.491 e. The molecule has 0 bridgehead atoms. The molecule has 34 heavy (non-hydrogen) atoms. The second-order valence-electron chi connectivity index (χ2n) is 7.64. The number of esters is 1. The average Bonchev–Trinajstić information content (AvgIpc) is 2.86. The van der Waals surface area contributed by atoms with Crippen molar-refractivity contribution in [2.75, 3.05) is 79.3 Å². The summed E-state index contributed by atoms with van der Waals surface area (Å²) in [6.45, 7) is 9.89. The Kier molecular flexibility index (Phi) is 20.6. The maximum atomic E-state index is 12.0. The molecule has 0 aliphatic heterocycles. The van der Waals surface area contributed by atoms with Gasteiger partial charge in [0.2, 0.25) is 0 Å². The van der Waals surface area contributed by atoms with E-state index >= 15 is 0 Å². The van der Waals surface area contributed by atoms with Crippen molar-refractivity contribution in [3.05, 3.63) is 30.3 Å². The third-order valence-corrected chi connectivity index (χ3v) is 4.93. The largest absolute Gasteiger partial charge is 0.491 e. The van der Waals surface area contributed by atoms with E-state index in [1.54, 1.807) is 0 Å². The van der Waals surface area contributed by atoms with E-state index in [9.17, 15) is 4.79 Å². The van der Waals surface area contributed by atoms with E-state index < -0.39 is 0 Å². The van der Waals surface area contributed by atoms with Gasteiger partial charge in [0.25, 0.3) is 0 Å². The number of hydrogen-bond donors (Lipinski definition) is 0. The first-order valence-electron chi connectivity index (χ1n) is 12.5. The maximum Gasteiger partial charge on any atom is 0.308 e. The summed E-state index contributed by atoms with van der Waals surface area (Å²) < 4.78 is 38.1. The topological polar surface area (TPSA) is 81.7 Å². The lowest BCUT2D eigenvalue weighted by molar-refractivity contribution is -0.150. The molecule has 0 aromatic heterocycles. The minimum absolute atomic E-state index is 0.00674. The van der Waals surface area contributed by atoms with Crippen LogP contribution < -0.4 is 4.74 Å². The summed E-state index contributed by atoms with van der Waals surface area (Å²) in [4.78, 5) is 12.0. The number of unbranched alkanes of at least 4 members (excludes halogenated alkanes) is 1. The van der Waals surface area contributed by atoms with E-state index in [0.717, 1.165) is 31.4 Å². The predicted octanol–water partition coefficient (Wildman–Crippen LogP) is 3.91. The molecule has 0 heterocycles. The SMILES string of the molecule is CCCCC(CC)C(=O)OCCOCCOCCOCCOCCOCCOc1ccccc1. The molecular weight excluding hydrogens is 440 g/mol. The lowest BCUT2D eigenvalue weighted by Gasteiger charge is -2.13. The Morgan fingerprint density at radius 1 is 0.676 bits per heavy atom. The van der Waals surface area contributed by atoms with E-state index in [4.69, 9.17) is 33.2 Å². The highest BCUT2D eigenvalue weighted by molar-refractivity contribution is 5.72. The molecule has 1 aromatic rings. The molecule has 0 aliphatic carbocycles. The molecule has 0 radical (unpaired) electrons. The molecule has 0 saturated carbocycles. The molecular formula is C26H44O8. The van der Waals surface area contributed by atoms with Gasteiger partial charge in [-0.1, -0.05) is 44.9 Å². The Bertz CT molecular complexity index is 569. The van der Waals surface area contributed by atoms with E-state index in [2.05, 4.69) is 6.92 Å². The molecule has 1 aromatic carbocycles. The summed E-state index contributed by atoms with van der Waals surface area (Å²) in [7, 11) is 0. The van der Waals surface area contributed by atoms with Crippen LogP contribution in [-0.2, 0) is 33.2 Å². The number of carbonyl (C=O) groups is 1. The minimum atomic E-state index is -0.113. The first-order valence-corrected chi connectivity index (χ1v) is 12.5. The zero-order valence-corrected chi connectivity index (χ0v) is 21.0. The van der Waals surface area contributed by atoms with Gasteiger partial charge in [-0.15, -0.1) is 0 Å². The van der Waals surface area contributed by atoms with Crippen LogP contribution in [0.2, 0.25) is 0 Å². The highest BCUT2D eigenvalue weighted by atomic mass is 16.6. The average molecular weight is 485 g/mol. The zero-order chi connectivity index (χ0) is 24.5. The quantitative estimate of drug-likeness (QED) is 0.161. The molecule has 0 aliphatic rings. The van der Waals surface area contributed by atoms with E-state index in [1.807, 2.05) is 37.3 Å². The molecule has 0 N–H and O–H groups in total. The van der Waals surface area contributed by atoms with Crippen molar-refractivity contribution >= 4 is 5.97 Å². The summed E-state index contributed by atoms with van der Waals surface area (Å²) >= 11 is 0. The Morgan fingerprint density at radius 2 is 1.15 bits per heavy atom. The molecule has 0 amide bonds. The van der Waals surface area contributed by atoms with Crippen molar-refractivity contribution in [1.82, 2.24) is 0 Å². The van der Waals surface area contributed by atoms with Crippen LogP contribution in [0.4, 0.5) is 0 Å². The van der Waals surface area contributed by atoms with Crippen molar-refractivity contribution in [2.24, 2.45) is 5.92 Å². The monoisotopic (exact) mass is 484 g/mol. The van der Waals surface area contributed by atoms with Crippen molar-refractivity contribution in [3.8, 4) is 5.75 Å².